The highest BCUT2D eigenvalue weighted by atomic mass is 32.2. The maximum atomic E-state index is 13.3. The van der Waals surface area contributed by atoms with Crippen LogP contribution in [0.4, 0.5) is 10.3 Å². The summed E-state index contributed by atoms with van der Waals surface area (Å²) in [6.45, 7) is 4.41. The third-order valence-corrected chi connectivity index (χ3v) is 5.82. The van der Waals surface area contributed by atoms with Crippen LogP contribution in [0.25, 0.3) is 0 Å². The minimum absolute atomic E-state index is 0.292. The molecule has 3 aromatic rings. The Kier molecular flexibility index (Phi) is 6.89. The van der Waals surface area contributed by atoms with Crippen LogP contribution in [0.5, 0.6) is 17.4 Å². The Balaban J connectivity index is 1.28. The quantitative estimate of drug-likeness (QED) is 0.461. The number of hydrogen-bond acceptors (Lipinski definition) is 7. The van der Waals surface area contributed by atoms with Gasteiger partial charge in [0.1, 0.15) is 5.82 Å². The standard InChI is InChI=1S/C23H25FN2O4S/c1-27-20-7-6-17(14-21(20)28-2)16-25-10-12-26(13-11-25)22-8-9-23(29-22)30-31-19-5-3-4-18(24)15-19/h3-9,14-15H,10-13,16H2,1-2H3. The van der Waals surface area contributed by atoms with Gasteiger partial charge >= 0.3 is 0 Å². The van der Waals surface area contributed by atoms with Gasteiger partial charge in [0.2, 0.25) is 0 Å². The van der Waals surface area contributed by atoms with E-state index in [1.807, 2.05) is 18.2 Å². The summed E-state index contributed by atoms with van der Waals surface area (Å²) < 4.78 is 35.4. The largest absolute Gasteiger partial charge is 0.493 e. The summed E-state index contributed by atoms with van der Waals surface area (Å²) in [5.74, 6) is 2.37. The van der Waals surface area contributed by atoms with Crippen LogP contribution >= 0.6 is 12.0 Å². The van der Waals surface area contributed by atoms with Gasteiger partial charge in [0, 0.05) is 44.9 Å². The number of methoxy groups -OCH3 is 2. The van der Waals surface area contributed by atoms with Gasteiger partial charge in [-0.2, -0.15) is 0 Å². The Hall–Kier alpha value is -2.84. The van der Waals surface area contributed by atoms with Crippen LogP contribution < -0.4 is 18.6 Å². The maximum absolute atomic E-state index is 13.3. The number of anilines is 1. The van der Waals surface area contributed by atoms with Crippen molar-refractivity contribution in [2.75, 3.05) is 45.3 Å². The molecule has 1 aliphatic rings. The second kappa shape index (κ2) is 9.98. The molecular weight excluding hydrogens is 419 g/mol. The fraction of sp³-hybridized carbons (Fsp3) is 0.304. The van der Waals surface area contributed by atoms with Crippen LogP contribution in [0.1, 0.15) is 5.56 Å². The summed E-state index contributed by atoms with van der Waals surface area (Å²) in [5, 5.41) is 0. The predicted molar refractivity (Wildman–Crippen MR) is 119 cm³/mol. The lowest BCUT2D eigenvalue weighted by molar-refractivity contribution is 0.244. The lowest BCUT2D eigenvalue weighted by Gasteiger charge is -2.34. The molecule has 164 valence electrons. The molecule has 0 saturated carbocycles. The normalized spacial score (nSPS) is 14.5. The highest BCUT2D eigenvalue weighted by Crippen LogP contribution is 2.31. The molecule has 0 amide bonds. The Morgan fingerprint density at radius 1 is 0.935 bits per heavy atom. The number of halogens is 1. The molecule has 0 unspecified atom stereocenters. The molecule has 8 heteroatoms. The van der Waals surface area contributed by atoms with Crippen molar-refractivity contribution < 1.29 is 22.5 Å². The van der Waals surface area contributed by atoms with E-state index >= 15 is 0 Å². The molecule has 1 aromatic heterocycles. The summed E-state index contributed by atoms with van der Waals surface area (Å²) >= 11 is 1.08. The first-order chi connectivity index (χ1) is 15.1. The van der Waals surface area contributed by atoms with Crippen molar-refractivity contribution >= 4 is 17.9 Å². The van der Waals surface area contributed by atoms with Crippen LogP contribution in [0.15, 0.2) is 63.9 Å². The van der Waals surface area contributed by atoms with Gasteiger partial charge in [0.15, 0.2) is 17.4 Å². The van der Waals surface area contributed by atoms with Crippen molar-refractivity contribution in [3.05, 3.63) is 66.0 Å². The van der Waals surface area contributed by atoms with Crippen molar-refractivity contribution in [2.45, 2.75) is 11.4 Å². The number of furan rings is 1. The van der Waals surface area contributed by atoms with Gasteiger partial charge in [-0.05, 0) is 35.9 Å². The van der Waals surface area contributed by atoms with Crippen LogP contribution in [0, 0.1) is 5.82 Å². The summed E-state index contributed by atoms with van der Waals surface area (Å²) in [7, 11) is 3.29. The summed E-state index contributed by atoms with van der Waals surface area (Å²) in [4.78, 5) is 5.28. The van der Waals surface area contributed by atoms with Crippen molar-refractivity contribution in [2.24, 2.45) is 0 Å². The van der Waals surface area contributed by atoms with Crippen LogP contribution in [0.2, 0.25) is 0 Å². The van der Waals surface area contributed by atoms with E-state index < -0.39 is 0 Å². The van der Waals surface area contributed by atoms with E-state index in [0.29, 0.717) is 10.8 Å². The molecule has 0 atom stereocenters. The zero-order valence-corrected chi connectivity index (χ0v) is 18.4. The molecule has 0 spiro atoms. The second-order valence-electron chi connectivity index (χ2n) is 7.17. The van der Waals surface area contributed by atoms with E-state index in [4.69, 9.17) is 18.1 Å². The fourth-order valence-corrected chi connectivity index (χ4v) is 4.06. The van der Waals surface area contributed by atoms with Crippen molar-refractivity contribution in [3.8, 4) is 17.4 Å². The van der Waals surface area contributed by atoms with Crippen molar-refractivity contribution in [1.82, 2.24) is 4.90 Å². The van der Waals surface area contributed by atoms with Crippen LogP contribution in [-0.2, 0) is 6.54 Å². The highest BCUT2D eigenvalue weighted by molar-refractivity contribution is 7.95. The van der Waals surface area contributed by atoms with Gasteiger partial charge in [0.05, 0.1) is 31.2 Å². The zero-order chi connectivity index (χ0) is 21.6. The number of ether oxygens (including phenoxy) is 2. The lowest BCUT2D eigenvalue weighted by Crippen LogP contribution is -2.45. The third-order valence-electron chi connectivity index (χ3n) is 5.12. The van der Waals surface area contributed by atoms with Gasteiger partial charge < -0.3 is 23.0 Å². The molecule has 31 heavy (non-hydrogen) atoms. The maximum Gasteiger partial charge on any atom is 0.299 e. The van der Waals surface area contributed by atoms with Gasteiger partial charge in [-0.25, -0.2) is 4.39 Å². The van der Waals surface area contributed by atoms with E-state index in [1.54, 1.807) is 32.4 Å². The number of rotatable bonds is 8. The van der Waals surface area contributed by atoms with Gasteiger partial charge in [0.25, 0.3) is 5.95 Å². The van der Waals surface area contributed by atoms with E-state index in [-0.39, 0.29) is 5.82 Å². The molecule has 0 radical (unpaired) electrons. The zero-order valence-electron chi connectivity index (χ0n) is 17.5. The molecule has 2 aromatic carbocycles. The molecule has 1 fully saturated rings. The topological polar surface area (TPSA) is 47.3 Å². The number of benzene rings is 2. The monoisotopic (exact) mass is 444 g/mol. The number of hydrogen-bond donors (Lipinski definition) is 0. The Morgan fingerprint density at radius 3 is 2.48 bits per heavy atom. The molecule has 0 N–H and O–H groups in total. The average molecular weight is 445 g/mol. The molecule has 2 heterocycles. The SMILES string of the molecule is COc1ccc(CN2CCN(c3ccc(OSc4cccc(F)c4)o3)CC2)cc1OC. The molecular formula is C23H25FN2O4S. The summed E-state index contributed by atoms with van der Waals surface area (Å²) in [6.07, 6.45) is 0. The Bertz CT molecular complexity index is 1000. The van der Waals surface area contributed by atoms with Crippen LogP contribution in [0.3, 0.4) is 0 Å². The van der Waals surface area contributed by atoms with E-state index in [0.717, 1.165) is 62.1 Å². The third kappa shape index (κ3) is 5.45. The first-order valence-electron chi connectivity index (χ1n) is 10.0. The molecule has 4 rings (SSSR count). The van der Waals surface area contributed by atoms with E-state index in [9.17, 15) is 4.39 Å². The molecule has 0 bridgehead atoms. The highest BCUT2D eigenvalue weighted by Gasteiger charge is 2.20. The van der Waals surface area contributed by atoms with Crippen molar-refractivity contribution in [3.63, 3.8) is 0 Å². The van der Waals surface area contributed by atoms with Gasteiger partial charge in [-0.15, -0.1) is 0 Å². The minimum Gasteiger partial charge on any atom is -0.493 e. The van der Waals surface area contributed by atoms with E-state index in [1.165, 1.54) is 17.7 Å². The van der Waals surface area contributed by atoms with Crippen molar-refractivity contribution in [1.29, 1.82) is 0 Å². The minimum atomic E-state index is -0.292. The predicted octanol–water partition coefficient (Wildman–Crippen LogP) is 4.84. The smallest absolute Gasteiger partial charge is 0.299 e. The fourth-order valence-electron chi connectivity index (χ4n) is 3.50. The van der Waals surface area contributed by atoms with E-state index in [2.05, 4.69) is 15.9 Å². The lowest BCUT2D eigenvalue weighted by atomic mass is 10.1. The Morgan fingerprint density at radius 2 is 1.74 bits per heavy atom. The number of piperazine rings is 1. The molecule has 0 aliphatic carbocycles. The first kappa shape index (κ1) is 21.4. The summed E-state index contributed by atoms with van der Waals surface area (Å²) in [5.41, 5.74) is 1.19. The van der Waals surface area contributed by atoms with Gasteiger partial charge in [-0.3, -0.25) is 4.90 Å². The molecule has 1 aliphatic heterocycles. The summed E-state index contributed by atoms with van der Waals surface area (Å²) in [6, 6.07) is 16.0. The first-order valence-corrected chi connectivity index (χ1v) is 10.8. The molecule has 1 saturated heterocycles. The second-order valence-corrected chi connectivity index (χ2v) is 7.97. The average Bonchev–Trinajstić information content (AvgIpc) is 3.27. The molecule has 6 nitrogen and oxygen atoms in total. The van der Waals surface area contributed by atoms with Crippen LogP contribution in [-0.4, -0.2) is 45.3 Å². The Labute approximate surface area is 185 Å². The van der Waals surface area contributed by atoms with Gasteiger partial charge in [-0.1, -0.05) is 12.1 Å². The number of nitrogens with zero attached hydrogens (tertiary/aromatic N) is 2.